The Bertz CT molecular complexity index is 428. The van der Waals surface area contributed by atoms with Crippen molar-refractivity contribution in [1.29, 1.82) is 0 Å². The van der Waals surface area contributed by atoms with E-state index in [0.29, 0.717) is 0 Å². The molecule has 5 heteroatoms. The highest BCUT2D eigenvalue weighted by atomic mass is 79.9. The maximum Gasteiger partial charge on any atom is 0.0705 e. The number of alkyl halides is 1. The highest BCUT2D eigenvalue weighted by Crippen LogP contribution is 2.20. The van der Waals surface area contributed by atoms with E-state index in [1.165, 1.54) is 0 Å². The number of nitrogens with zero attached hydrogens (tertiary/aromatic N) is 3. The van der Waals surface area contributed by atoms with E-state index in [2.05, 4.69) is 26.2 Å². The number of hydrogen-bond acceptors (Lipinski definition) is 2. The quantitative estimate of drug-likeness (QED) is 0.787. The normalized spacial score (nSPS) is 10.4. The molecule has 0 fully saturated rings. The average molecular weight is 273 g/mol. The summed E-state index contributed by atoms with van der Waals surface area (Å²) in [7, 11) is 0. The Morgan fingerprint density at radius 3 is 2.93 bits per heavy atom. The van der Waals surface area contributed by atoms with Crippen molar-refractivity contribution in [2.75, 3.05) is 0 Å². The average Bonchev–Trinajstić information content (AvgIpc) is 2.70. The van der Waals surface area contributed by atoms with Gasteiger partial charge in [0.05, 0.1) is 18.1 Å². The van der Waals surface area contributed by atoms with Gasteiger partial charge in [0.25, 0.3) is 0 Å². The van der Waals surface area contributed by atoms with Crippen LogP contribution in [0.2, 0.25) is 5.02 Å². The van der Waals surface area contributed by atoms with Crippen LogP contribution in [0.3, 0.4) is 0 Å². The van der Waals surface area contributed by atoms with Gasteiger partial charge in [0.1, 0.15) is 0 Å². The number of rotatable bonds is 2. The second kappa shape index (κ2) is 4.11. The monoisotopic (exact) mass is 271 g/mol. The van der Waals surface area contributed by atoms with Crippen LogP contribution >= 0.6 is 27.5 Å². The Labute approximate surface area is 94.8 Å². The van der Waals surface area contributed by atoms with Gasteiger partial charge in [-0.1, -0.05) is 32.7 Å². The molecule has 0 saturated carbocycles. The first-order valence-electron chi connectivity index (χ1n) is 4.02. The highest BCUT2D eigenvalue weighted by Gasteiger charge is 2.04. The predicted octanol–water partition coefficient (Wildman–Crippen LogP) is 2.82. The standard InChI is InChI=1S/C9H7BrClN3/c10-6-7-5-8(11)1-2-9(7)14-4-3-12-13-14/h1-5H,6H2. The molecule has 1 aromatic carbocycles. The van der Waals surface area contributed by atoms with E-state index >= 15 is 0 Å². The molecule has 1 heterocycles. The Balaban J connectivity index is 2.53. The van der Waals surface area contributed by atoms with Gasteiger partial charge in [0.15, 0.2) is 0 Å². The summed E-state index contributed by atoms with van der Waals surface area (Å²) in [6.45, 7) is 0. The van der Waals surface area contributed by atoms with Crippen LogP contribution < -0.4 is 0 Å². The van der Waals surface area contributed by atoms with Crippen molar-refractivity contribution in [1.82, 2.24) is 15.0 Å². The van der Waals surface area contributed by atoms with Crippen molar-refractivity contribution in [2.45, 2.75) is 5.33 Å². The first-order chi connectivity index (χ1) is 6.81. The molecular formula is C9H7BrClN3. The molecule has 0 spiro atoms. The second-order valence-corrected chi connectivity index (χ2v) is 3.75. The van der Waals surface area contributed by atoms with E-state index in [4.69, 9.17) is 11.6 Å². The van der Waals surface area contributed by atoms with Crippen LogP contribution in [0.25, 0.3) is 5.69 Å². The molecule has 0 saturated heterocycles. The maximum absolute atomic E-state index is 5.89. The molecule has 0 amide bonds. The summed E-state index contributed by atoms with van der Waals surface area (Å²) in [5.41, 5.74) is 2.08. The van der Waals surface area contributed by atoms with Gasteiger partial charge in [-0.05, 0) is 23.8 Å². The van der Waals surface area contributed by atoms with Crippen LogP contribution in [0.5, 0.6) is 0 Å². The summed E-state index contributed by atoms with van der Waals surface area (Å²) < 4.78 is 1.72. The molecule has 0 bridgehead atoms. The lowest BCUT2D eigenvalue weighted by Crippen LogP contribution is -1.99. The summed E-state index contributed by atoms with van der Waals surface area (Å²) >= 11 is 9.30. The molecule has 0 aliphatic carbocycles. The van der Waals surface area contributed by atoms with Crippen LogP contribution in [0.4, 0.5) is 0 Å². The minimum absolute atomic E-state index is 0.725. The van der Waals surface area contributed by atoms with E-state index in [9.17, 15) is 0 Å². The van der Waals surface area contributed by atoms with Crippen molar-refractivity contribution in [2.24, 2.45) is 0 Å². The summed E-state index contributed by atoms with van der Waals surface area (Å²) in [6, 6.07) is 5.67. The van der Waals surface area contributed by atoms with Crippen LogP contribution in [0.1, 0.15) is 5.56 Å². The SMILES string of the molecule is Clc1ccc(-n2ccnn2)c(CBr)c1. The van der Waals surface area contributed by atoms with Gasteiger partial charge >= 0.3 is 0 Å². The third-order valence-corrected chi connectivity index (χ3v) is 2.69. The van der Waals surface area contributed by atoms with Gasteiger partial charge in [-0.3, -0.25) is 0 Å². The molecule has 0 aliphatic rings. The molecule has 0 radical (unpaired) electrons. The molecular weight excluding hydrogens is 265 g/mol. The van der Waals surface area contributed by atoms with Crippen molar-refractivity contribution >= 4 is 27.5 Å². The zero-order chi connectivity index (χ0) is 9.97. The first kappa shape index (κ1) is 9.68. The Morgan fingerprint density at radius 1 is 1.43 bits per heavy atom. The number of aromatic nitrogens is 3. The summed E-state index contributed by atoms with van der Waals surface area (Å²) in [5, 5.41) is 9.15. The van der Waals surface area contributed by atoms with Crippen molar-refractivity contribution in [3.8, 4) is 5.69 Å². The molecule has 2 aromatic rings. The minimum atomic E-state index is 0.725. The fourth-order valence-corrected chi connectivity index (χ4v) is 1.87. The smallest absolute Gasteiger partial charge is 0.0705 e. The van der Waals surface area contributed by atoms with Gasteiger partial charge < -0.3 is 0 Å². The summed E-state index contributed by atoms with van der Waals surface area (Å²) in [6.07, 6.45) is 3.45. The lowest BCUT2D eigenvalue weighted by atomic mass is 10.2. The maximum atomic E-state index is 5.89. The molecule has 14 heavy (non-hydrogen) atoms. The predicted molar refractivity (Wildman–Crippen MR) is 59.0 cm³/mol. The van der Waals surface area contributed by atoms with E-state index < -0.39 is 0 Å². The van der Waals surface area contributed by atoms with E-state index in [0.717, 1.165) is 21.6 Å². The van der Waals surface area contributed by atoms with Crippen LogP contribution in [0.15, 0.2) is 30.6 Å². The van der Waals surface area contributed by atoms with E-state index in [1.807, 2.05) is 18.2 Å². The molecule has 1 aromatic heterocycles. The number of benzene rings is 1. The third-order valence-electron chi connectivity index (χ3n) is 1.85. The lowest BCUT2D eigenvalue weighted by Gasteiger charge is -2.06. The Kier molecular flexibility index (Phi) is 2.84. The zero-order valence-corrected chi connectivity index (χ0v) is 9.53. The topological polar surface area (TPSA) is 30.7 Å². The van der Waals surface area contributed by atoms with Gasteiger partial charge in [-0.25, -0.2) is 4.68 Å². The zero-order valence-electron chi connectivity index (χ0n) is 7.19. The van der Waals surface area contributed by atoms with Gasteiger partial charge in [0.2, 0.25) is 0 Å². The first-order valence-corrected chi connectivity index (χ1v) is 5.52. The number of hydrogen-bond donors (Lipinski definition) is 0. The van der Waals surface area contributed by atoms with Crippen molar-refractivity contribution in [3.63, 3.8) is 0 Å². The van der Waals surface area contributed by atoms with E-state index in [-0.39, 0.29) is 0 Å². The molecule has 0 aliphatic heterocycles. The molecule has 0 atom stereocenters. The summed E-state index contributed by atoms with van der Waals surface area (Å²) in [4.78, 5) is 0. The van der Waals surface area contributed by atoms with E-state index in [1.54, 1.807) is 17.1 Å². The molecule has 0 N–H and O–H groups in total. The van der Waals surface area contributed by atoms with Gasteiger partial charge in [-0.15, -0.1) is 5.10 Å². The largest absolute Gasteiger partial charge is 0.220 e. The van der Waals surface area contributed by atoms with Crippen molar-refractivity contribution < 1.29 is 0 Å². The third kappa shape index (κ3) is 1.81. The fraction of sp³-hybridized carbons (Fsp3) is 0.111. The highest BCUT2D eigenvalue weighted by molar-refractivity contribution is 9.08. The summed E-state index contributed by atoms with van der Waals surface area (Å²) in [5.74, 6) is 0. The molecule has 72 valence electrons. The Morgan fingerprint density at radius 2 is 2.29 bits per heavy atom. The van der Waals surface area contributed by atoms with Gasteiger partial charge in [-0.2, -0.15) is 0 Å². The lowest BCUT2D eigenvalue weighted by molar-refractivity contribution is 0.798. The molecule has 0 unspecified atom stereocenters. The van der Waals surface area contributed by atoms with Crippen LogP contribution in [-0.2, 0) is 5.33 Å². The van der Waals surface area contributed by atoms with Crippen LogP contribution in [0, 0.1) is 0 Å². The number of halogens is 2. The van der Waals surface area contributed by atoms with Gasteiger partial charge in [0, 0.05) is 10.4 Å². The second-order valence-electron chi connectivity index (χ2n) is 2.75. The van der Waals surface area contributed by atoms with Crippen LogP contribution in [-0.4, -0.2) is 15.0 Å². The molecule has 3 nitrogen and oxygen atoms in total. The van der Waals surface area contributed by atoms with Crippen molar-refractivity contribution in [3.05, 3.63) is 41.2 Å². The minimum Gasteiger partial charge on any atom is -0.220 e. The fourth-order valence-electron chi connectivity index (χ4n) is 1.22. The Hall–Kier alpha value is -0.870. The molecule has 2 rings (SSSR count).